The molecule has 0 spiro atoms. The topological polar surface area (TPSA) is 122 Å². The molecule has 0 aliphatic carbocycles. The Hall–Kier alpha value is -3.27. The second-order valence-electron chi connectivity index (χ2n) is 7.54. The molecule has 0 radical (unpaired) electrons. The van der Waals surface area contributed by atoms with Gasteiger partial charge in [-0.15, -0.1) is 11.8 Å². The third kappa shape index (κ3) is 4.42. The van der Waals surface area contributed by atoms with Crippen LogP contribution in [-0.2, 0) is 23.9 Å². The van der Waals surface area contributed by atoms with Crippen molar-refractivity contribution in [1.29, 1.82) is 0 Å². The van der Waals surface area contributed by atoms with E-state index >= 15 is 0 Å². The van der Waals surface area contributed by atoms with Gasteiger partial charge in [0, 0.05) is 23.2 Å². The summed E-state index contributed by atoms with van der Waals surface area (Å²) in [6.45, 7) is 1.10. The summed E-state index contributed by atoms with van der Waals surface area (Å²) in [5.74, 6) is -1.57. The lowest BCUT2D eigenvalue weighted by Gasteiger charge is -2.52. The molecular formula is C23H19BrN4O5S. The number of β-lactam (4-membered cyclic amide) rings is 1. The summed E-state index contributed by atoms with van der Waals surface area (Å²) in [5, 5.41) is 2.95. The molecule has 2 aliphatic rings. The van der Waals surface area contributed by atoms with Crippen molar-refractivity contribution in [2.24, 2.45) is 5.11 Å². The van der Waals surface area contributed by atoms with Gasteiger partial charge in [0.15, 0.2) is 6.10 Å². The van der Waals surface area contributed by atoms with Crippen molar-refractivity contribution in [2.45, 2.75) is 22.8 Å². The number of hydrogen-bond donors (Lipinski definition) is 0. The summed E-state index contributed by atoms with van der Waals surface area (Å²) < 4.78 is 9.60. The van der Waals surface area contributed by atoms with Crippen molar-refractivity contribution in [3.63, 3.8) is 0 Å². The first-order valence-corrected chi connectivity index (χ1v) is 12.1. The van der Waals surface area contributed by atoms with Gasteiger partial charge in [0.2, 0.25) is 4.45 Å². The number of carbonyl (C=O) groups is 3. The number of thioether (sulfide) groups is 1. The maximum atomic E-state index is 13.6. The van der Waals surface area contributed by atoms with E-state index in [-0.39, 0.29) is 18.1 Å². The molecule has 1 amide bonds. The van der Waals surface area contributed by atoms with E-state index in [0.717, 1.165) is 11.1 Å². The van der Waals surface area contributed by atoms with Crippen LogP contribution >= 0.6 is 27.7 Å². The van der Waals surface area contributed by atoms with E-state index in [2.05, 4.69) is 26.0 Å². The lowest BCUT2D eigenvalue weighted by molar-refractivity contribution is -0.154. The number of nitrogens with zero attached hydrogens (tertiary/aromatic N) is 4. The van der Waals surface area contributed by atoms with E-state index in [9.17, 15) is 14.4 Å². The molecule has 0 saturated carbocycles. The molecular weight excluding hydrogens is 524 g/mol. The minimum atomic E-state index is -1.50. The first-order valence-electron chi connectivity index (χ1n) is 10.2. The summed E-state index contributed by atoms with van der Waals surface area (Å²) in [4.78, 5) is 42.0. The summed E-state index contributed by atoms with van der Waals surface area (Å²) in [7, 11) is 0. The van der Waals surface area contributed by atoms with Crippen LogP contribution in [0, 0.1) is 0 Å². The van der Waals surface area contributed by atoms with E-state index in [1.807, 2.05) is 60.7 Å². The molecule has 1 fully saturated rings. The number of benzene rings is 2. The smallest absolute Gasteiger partial charge is 0.356 e. The van der Waals surface area contributed by atoms with Crippen LogP contribution in [0.1, 0.15) is 24.2 Å². The highest BCUT2D eigenvalue weighted by Gasteiger charge is 2.63. The van der Waals surface area contributed by atoms with Crippen molar-refractivity contribution in [3.05, 3.63) is 93.5 Å². The predicted molar refractivity (Wildman–Crippen MR) is 128 cm³/mol. The Morgan fingerprint density at radius 3 is 2.32 bits per heavy atom. The number of amides is 1. The Morgan fingerprint density at radius 2 is 1.79 bits per heavy atom. The maximum Gasteiger partial charge on any atom is 0.356 e. The quantitative estimate of drug-likeness (QED) is 0.0968. The highest BCUT2D eigenvalue weighted by atomic mass is 79.9. The fourth-order valence-corrected chi connectivity index (χ4v) is 5.92. The Labute approximate surface area is 207 Å². The van der Waals surface area contributed by atoms with Crippen molar-refractivity contribution in [1.82, 2.24) is 4.90 Å². The minimum absolute atomic E-state index is 0.00456. The van der Waals surface area contributed by atoms with Crippen LogP contribution in [-0.4, -0.2) is 44.9 Å². The van der Waals surface area contributed by atoms with Gasteiger partial charge in [-0.3, -0.25) is 14.5 Å². The summed E-state index contributed by atoms with van der Waals surface area (Å²) in [6, 6.07) is 18.5. The van der Waals surface area contributed by atoms with Gasteiger partial charge >= 0.3 is 11.9 Å². The third-order valence-electron chi connectivity index (χ3n) is 5.33. The van der Waals surface area contributed by atoms with Crippen molar-refractivity contribution < 1.29 is 23.9 Å². The molecule has 9 nitrogen and oxygen atoms in total. The monoisotopic (exact) mass is 542 g/mol. The molecule has 1 saturated heterocycles. The van der Waals surface area contributed by atoms with Gasteiger partial charge in [-0.1, -0.05) is 81.7 Å². The second-order valence-corrected chi connectivity index (χ2v) is 9.82. The normalized spacial score (nSPS) is 21.3. The van der Waals surface area contributed by atoms with Gasteiger partial charge in [0.1, 0.15) is 17.7 Å². The molecule has 4 rings (SSSR count). The molecule has 34 heavy (non-hydrogen) atoms. The Morgan fingerprint density at radius 1 is 1.21 bits per heavy atom. The van der Waals surface area contributed by atoms with Crippen LogP contribution in [0.2, 0.25) is 0 Å². The number of ether oxygens (including phenoxy) is 2. The minimum Gasteiger partial charge on any atom is -0.461 e. The van der Waals surface area contributed by atoms with E-state index in [1.165, 1.54) is 23.6 Å². The van der Waals surface area contributed by atoms with Gasteiger partial charge in [-0.05, 0) is 16.7 Å². The summed E-state index contributed by atoms with van der Waals surface area (Å²) in [5.41, 5.74) is 10.8. The molecule has 0 N–H and O–H groups in total. The first-order chi connectivity index (χ1) is 16.4. The summed E-state index contributed by atoms with van der Waals surface area (Å²) in [6.07, 6.45) is -0.729. The van der Waals surface area contributed by atoms with E-state index in [1.54, 1.807) is 0 Å². The van der Waals surface area contributed by atoms with Crippen LogP contribution in [0.3, 0.4) is 0 Å². The van der Waals surface area contributed by atoms with E-state index in [0.29, 0.717) is 5.57 Å². The molecule has 174 valence electrons. The lowest BCUT2D eigenvalue weighted by atomic mass is 10.0. The Bertz CT molecular complexity index is 1160. The van der Waals surface area contributed by atoms with Gasteiger partial charge in [-0.25, -0.2) is 4.79 Å². The maximum absolute atomic E-state index is 13.6. The van der Waals surface area contributed by atoms with Gasteiger partial charge in [-0.2, -0.15) is 0 Å². The van der Waals surface area contributed by atoms with Crippen LogP contribution in [0.25, 0.3) is 10.4 Å². The van der Waals surface area contributed by atoms with Gasteiger partial charge in [0.25, 0.3) is 5.91 Å². The number of alkyl halides is 1. The first kappa shape index (κ1) is 23.9. The van der Waals surface area contributed by atoms with Crippen LogP contribution in [0.15, 0.2) is 77.0 Å². The number of hydrogen-bond acceptors (Lipinski definition) is 7. The van der Waals surface area contributed by atoms with Gasteiger partial charge in [0.05, 0.1) is 0 Å². The molecule has 2 heterocycles. The number of rotatable bonds is 7. The zero-order chi connectivity index (χ0) is 24.3. The molecule has 2 atom stereocenters. The van der Waals surface area contributed by atoms with Crippen LogP contribution < -0.4 is 0 Å². The molecule has 0 bridgehead atoms. The lowest BCUT2D eigenvalue weighted by Crippen LogP contribution is -2.69. The number of halogens is 1. The second kappa shape index (κ2) is 9.92. The van der Waals surface area contributed by atoms with Crippen molar-refractivity contribution >= 4 is 45.5 Å². The number of carbonyl (C=O) groups excluding carboxylic acids is 3. The van der Waals surface area contributed by atoms with E-state index < -0.39 is 33.8 Å². The highest BCUT2D eigenvalue weighted by Crippen LogP contribution is 2.51. The largest absolute Gasteiger partial charge is 0.461 e. The average Bonchev–Trinajstić information content (AvgIpc) is 2.86. The molecule has 2 aliphatic heterocycles. The number of esters is 2. The number of azide groups is 1. The fourth-order valence-electron chi connectivity index (χ4n) is 3.75. The Kier molecular flexibility index (Phi) is 6.97. The predicted octanol–water partition coefficient (Wildman–Crippen LogP) is 4.45. The molecule has 2 aromatic rings. The SMILES string of the molecule is CC(=O)OCC1=C(C(=O)OC(c2ccccc2)c2ccccc2)N2C(=O)[C@@](Br)(N=[N+]=[N-])[C@H]2SC1. The zero-order valence-corrected chi connectivity index (χ0v) is 20.4. The summed E-state index contributed by atoms with van der Waals surface area (Å²) >= 11 is 4.52. The highest BCUT2D eigenvalue weighted by molar-refractivity contribution is 9.10. The number of fused-ring (bicyclic) bond motifs is 1. The molecule has 2 aromatic carbocycles. The third-order valence-corrected chi connectivity index (χ3v) is 7.95. The standard InChI is InChI=1S/C23H19BrN4O5S/c1-14(29)32-12-17-13-34-22-23(24,26-27-25)21(31)28(22)18(17)20(30)33-19(15-8-4-2-5-9-15)16-10-6-3-7-11-16/h2-11,19,22H,12-13H2,1H3/t22-,23-/m1/s1. The average molecular weight is 543 g/mol. The van der Waals surface area contributed by atoms with Crippen LogP contribution in [0.5, 0.6) is 0 Å². The molecule has 0 aromatic heterocycles. The molecule has 0 unspecified atom stereocenters. The van der Waals surface area contributed by atoms with Crippen LogP contribution in [0.4, 0.5) is 0 Å². The van der Waals surface area contributed by atoms with Crippen molar-refractivity contribution in [2.75, 3.05) is 12.4 Å². The van der Waals surface area contributed by atoms with E-state index in [4.69, 9.17) is 15.0 Å². The zero-order valence-electron chi connectivity index (χ0n) is 18.0. The Balaban J connectivity index is 1.71. The van der Waals surface area contributed by atoms with Crippen molar-refractivity contribution in [3.8, 4) is 0 Å². The molecule has 11 heteroatoms. The van der Waals surface area contributed by atoms with Gasteiger partial charge < -0.3 is 9.47 Å². The fraction of sp³-hybridized carbons (Fsp3) is 0.261.